The Hall–Kier alpha value is -3.07. The van der Waals surface area contributed by atoms with Crippen LogP contribution in [0.2, 0.25) is 0 Å². The van der Waals surface area contributed by atoms with Crippen LogP contribution in [0.25, 0.3) is 32.2 Å². The molecule has 1 aliphatic rings. The summed E-state index contributed by atoms with van der Waals surface area (Å²) in [5.41, 5.74) is 4.04. The monoisotopic (exact) mass is 441 g/mol. The molecule has 2 heterocycles. The number of rotatable bonds is 5. The number of thiazole rings is 1. The molecule has 9 heteroatoms. The lowest BCUT2D eigenvalue weighted by atomic mass is 9.95. The van der Waals surface area contributed by atoms with Gasteiger partial charge in [0.2, 0.25) is 5.91 Å². The number of hydrogen-bond donors (Lipinski definition) is 2. The lowest BCUT2D eigenvalue weighted by Gasteiger charge is -2.21. The first-order valence-electron chi connectivity index (χ1n) is 10.1. The summed E-state index contributed by atoms with van der Waals surface area (Å²) in [6.45, 7) is 4.40. The van der Waals surface area contributed by atoms with Gasteiger partial charge in [-0.15, -0.1) is 0 Å². The van der Waals surface area contributed by atoms with Crippen molar-refractivity contribution in [3.8, 4) is 11.1 Å². The van der Waals surface area contributed by atoms with Gasteiger partial charge in [0, 0.05) is 19.0 Å². The minimum absolute atomic E-state index is 0.273. The topological polar surface area (TPSA) is 73.9 Å². The first-order chi connectivity index (χ1) is 14.9. The predicted molar refractivity (Wildman–Crippen MR) is 120 cm³/mol. The minimum atomic E-state index is -1.05. The molecule has 4 aromatic rings. The fourth-order valence-corrected chi connectivity index (χ4v) is 4.82. The molecule has 0 spiro atoms. The number of aromatic amines is 1. The summed E-state index contributed by atoms with van der Waals surface area (Å²) in [7, 11) is 1.85. The maximum absolute atomic E-state index is 15.4. The van der Waals surface area contributed by atoms with Gasteiger partial charge < -0.3 is 10.2 Å². The molecule has 1 fully saturated rings. The maximum atomic E-state index is 15.4. The van der Waals surface area contributed by atoms with Gasteiger partial charge in [-0.25, -0.2) is 13.8 Å². The summed E-state index contributed by atoms with van der Waals surface area (Å²) in [5, 5.41) is 11.1. The number of halogens is 2. The second kappa shape index (κ2) is 7.26. The average Bonchev–Trinajstić information content (AvgIpc) is 3.12. The van der Waals surface area contributed by atoms with Crippen LogP contribution in [-0.2, 0) is 4.79 Å². The van der Waals surface area contributed by atoms with E-state index in [1.165, 1.54) is 11.3 Å². The van der Waals surface area contributed by atoms with E-state index in [0.717, 1.165) is 26.7 Å². The van der Waals surface area contributed by atoms with Crippen molar-refractivity contribution in [2.24, 2.45) is 5.92 Å². The molecule has 0 unspecified atom stereocenters. The molecule has 6 nitrogen and oxygen atoms in total. The van der Waals surface area contributed by atoms with Crippen LogP contribution in [0.5, 0.6) is 0 Å². The Labute approximate surface area is 181 Å². The SMILES string of the molecule is CCN(C)c1c(F)c(C)c(-c2ccc3nc(NC(=O)[C@@H]4C[C@@H]4F)sc3c2)c2cn[nH]c12. The highest BCUT2D eigenvalue weighted by Crippen LogP contribution is 2.41. The van der Waals surface area contributed by atoms with Crippen LogP contribution in [0.1, 0.15) is 18.9 Å². The maximum Gasteiger partial charge on any atom is 0.232 e. The van der Waals surface area contributed by atoms with Gasteiger partial charge in [0.1, 0.15) is 6.17 Å². The summed E-state index contributed by atoms with van der Waals surface area (Å²) < 4.78 is 29.4. The Morgan fingerprint density at radius 2 is 2.19 bits per heavy atom. The first kappa shape index (κ1) is 19.9. The van der Waals surface area contributed by atoms with Gasteiger partial charge in [0.15, 0.2) is 10.9 Å². The van der Waals surface area contributed by atoms with Gasteiger partial charge in [0.05, 0.1) is 33.5 Å². The van der Waals surface area contributed by atoms with E-state index in [0.29, 0.717) is 28.4 Å². The van der Waals surface area contributed by atoms with Crippen molar-refractivity contribution in [3.63, 3.8) is 0 Å². The molecule has 2 aromatic carbocycles. The third-order valence-corrected chi connectivity index (χ3v) is 6.80. The number of aromatic nitrogens is 3. The van der Waals surface area contributed by atoms with Gasteiger partial charge in [-0.2, -0.15) is 5.10 Å². The van der Waals surface area contributed by atoms with Crippen LogP contribution in [0.15, 0.2) is 24.4 Å². The number of carbonyl (C=O) groups is 1. The molecule has 160 valence electrons. The number of benzene rings is 2. The summed E-state index contributed by atoms with van der Waals surface area (Å²) in [6.07, 6.45) is 0.941. The molecule has 2 aromatic heterocycles. The van der Waals surface area contributed by atoms with E-state index in [9.17, 15) is 9.18 Å². The minimum Gasteiger partial charge on any atom is -0.371 e. The Balaban J connectivity index is 1.58. The zero-order valence-electron chi connectivity index (χ0n) is 17.3. The van der Waals surface area contributed by atoms with Crippen molar-refractivity contribution in [2.75, 3.05) is 23.8 Å². The molecule has 0 saturated heterocycles. The van der Waals surface area contributed by atoms with Gasteiger partial charge in [-0.3, -0.25) is 9.89 Å². The third kappa shape index (κ3) is 3.23. The van der Waals surface area contributed by atoms with Crippen molar-refractivity contribution in [2.45, 2.75) is 26.4 Å². The van der Waals surface area contributed by atoms with E-state index in [4.69, 9.17) is 0 Å². The van der Waals surface area contributed by atoms with Crippen LogP contribution in [0.3, 0.4) is 0 Å². The average molecular weight is 442 g/mol. The normalized spacial score (nSPS) is 18.0. The molecular formula is C22H21F2N5OS. The number of H-pyrrole nitrogens is 1. The van der Waals surface area contributed by atoms with Gasteiger partial charge in [0.25, 0.3) is 0 Å². The molecule has 0 bridgehead atoms. The Bertz CT molecular complexity index is 1330. The zero-order valence-corrected chi connectivity index (χ0v) is 18.1. The lowest BCUT2D eigenvalue weighted by Crippen LogP contribution is -2.18. The number of anilines is 2. The standard InChI is InChI=1S/C22H21F2N5OS/c1-4-29(3)20-18(24)10(2)17(13-9-25-28-19(13)20)11-5-6-15-16(7-11)31-22(26-15)27-21(30)12-8-14(12)23/h5-7,9,12,14H,4,8H2,1-3H3,(H,25,28)(H,26,27,30)/t12-,14+/m1/s1. The van der Waals surface area contributed by atoms with E-state index in [1.807, 2.05) is 37.1 Å². The quantitative estimate of drug-likeness (QED) is 0.455. The van der Waals surface area contributed by atoms with Gasteiger partial charge >= 0.3 is 0 Å². The van der Waals surface area contributed by atoms with Crippen molar-refractivity contribution in [1.82, 2.24) is 15.2 Å². The smallest absolute Gasteiger partial charge is 0.232 e. The van der Waals surface area contributed by atoms with Gasteiger partial charge in [-0.1, -0.05) is 17.4 Å². The largest absolute Gasteiger partial charge is 0.371 e. The number of amides is 1. The zero-order chi connectivity index (χ0) is 21.9. The van der Waals surface area contributed by atoms with E-state index in [-0.39, 0.29) is 18.1 Å². The van der Waals surface area contributed by atoms with Crippen LogP contribution in [0.4, 0.5) is 19.6 Å². The second-order valence-corrected chi connectivity index (χ2v) is 8.92. The van der Waals surface area contributed by atoms with E-state index >= 15 is 4.39 Å². The predicted octanol–water partition coefficient (Wildman–Crippen LogP) is 5.04. The fraction of sp³-hybridized carbons (Fsp3) is 0.318. The van der Waals surface area contributed by atoms with Crippen molar-refractivity contribution in [3.05, 3.63) is 35.8 Å². The van der Waals surface area contributed by atoms with Crippen LogP contribution >= 0.6 is 11.3 Å². The van der Waals surface area contributed by atoms with Gasteiger partial charge in [-0.05, 0) is 49.1 Å². The number of fused-ring (bicyclic) bond motifs is 2. The van der Waals surface area contributed by atoms with Crippen molar-refractivity contribution < 1.29 is 13.6 Å². The molecule has 1 saturated carbocycles. The highest BCUT2D eigenvalue weighted by atomic mass is 32.1. The summed E-state index contributed by atoms with van der Waals surface area (Å²) in [4.78, 5) is 18.3. The van der Waals surface area contributed by atoms with E-state index in [1.54, 1.807) is 13.1 Å². The number of carbonyl (C=O) groups excluding carboxylic acids is 1. The van der Waals surface area contributed by atoms with Crippen molar-refractivity contribution in [1.29, 1.82) is 0 Å². The summed E-state index contributed by atoms with van der Waals surface area (Å²) in [6, 6.07) is 5.68. The molecule has 0 radical (unpaired) electrons. The molecule has 1 amide bonds. The molecule has 1 aliphatic carbocycles. The fourth-order valence-electron chi connectivity index (χ4n) is 3.91. The Kier molecular flexibility index (Phi) is 4.65. The first-order valence-corrected chi connectivity index (χ1v) is 10.9. The number of nitrogens with zero attached hydrogens (tertiary/aromatic N) is 3. The Morgan fingerprint density at radius 3 is 2.90 bits per heavy atom. The van der Waals surface area contributed by atoms with Crippen LogP contribution in [-0.4, -0.2) is 40.9 Å². The summed E-state index contributed by atoms with van der Waals surface area (Å²) in [5.74, 6) is -1.18. The molecule has 2 atom stereocenters. The second-order valence-electron chi connectivity index (χ2n) is 7.88. The number of alkyl halides is 1. The van der Waals surface area contributed by atoms with Crippen molar-refractivity contribution >= 4 is 49.2 Å². The number of hydrogen-bond acceptors (Lipinski definition) is 5. The van der Waals surface area contributed by atoms with Crippen LogP contribution in [0, 0.1) is 18.7 Å². The summed E-state index contributed by atoms with van der Waals surface area (Å²) >= 11 is 1.32. The highest BCUT2D eigenvalue weighted by molar-refractivity contribution is 7.22. The lowest BCUT2D eigenvalue weighted by molar-refractivity contribution is -0.117. The number of nitrogens with one attached hydrogen (secondary N) is 2. The van der Waals surface area contributed by atoms with Crippen LogP contribution < -0.4 is 10.2 Å². The third-order valence-electron chi connectivity index (χ3n) is 5.87. The molecule has 5 rings (SSSR count). The molecular weight excluding hydrogens is 420 g/mol. The Morgan fingerprint density at radius 1 is 1.42 bits per heavy atom. The van der Waals surface area contributed by atoms with E-state index in [2.05, 4.69) is 20.5 Å². The molecule has 31 heavy (non-hydrogen) atoms. The highest BCUT2D eigenvalue weighted by Gasteiger charge is 2.43. The molecule has 0 aliphatic heterocycles. The van der Waals surface area contributed by atoms with E-state index < -0.39 is 12.1 Å². The molecule has 2 N–H and O–H groups in total.